The van der Waals surface area contributed by atoms with E-state index in [1.165, 1.54) is 26.4 Å². The summed E-state index contributed by atoms with van der Waals surface area (Å²) < 4.78 is 33.3. The molecule has 0 N–H and O–H groups in total. The zero-order valence-electron chi connectivity index (χ0n) is 11.3. The molecule has 21 heavy (non-hydrogen) atoms. The maximum absolute atomic E-state index is 11.3. The van der Waals surface area contributed by atoms with Gasteiger partial charge < -0.3 is 9.47 Å². The summed E-state index contributed by atoms with van der Waals surface area (Å²) in [4.78, 5) is -0.0632. The molecule has 4 nitrogen and oxygen atoms in total. The number of rotatable bonds is 4. The lowest BCUT2D eigenvalue weighted by atomic mass is 10.0. The molecule has 7 heteroatoms. The van der Waals surface area contributed by atoms with E-state index in [4.69, 9.17) is 31.8 Å². The summed E-state index contributed by atoms with van der Waals surface area (Å²) in [6.45, 7) is 0. The number of hydrogen-bond acceptors (Lipinski definition) is 4. The maximum Gasteiger partial charge on any atom is 0.261 e. The summed E-state index contributed by atoms with van der Waals surface area (Å²) >= 11 is 6.19. The average Bonchev–Trinajstić information content (AvgIpc) is 2.45. The quantitative estimate of drug-likeness (QED) is 0.786. The van der Waals surface area contributed by atoms with Crippen LogP contribution in [0.4, 0.5) is 0 Å². The van der Waals surface area contributed by atoms with Crippen molar-refractivity contribution in [2.24, 2.45) is 0 Å². The van der Waals surface area contributed by atoms with Gasteiger partial charge in [0, 0.05) is 16.2 Å². The van der Waals surface area contributed by atoms with Gasteiger partial charge in [0.05, 0.1) is 29.7 Å². The standard InChI is InChI=1S/C14H12Cl2O4S/c1-19-12-4-3-5-13(20-2)14(12)10-7-6-9(8-11(10)15)21(16,17)18/h3-8H,1-2H3. The monoisotopic (exact) mass is 346 g/mol. The Morgan fingerprint density at radius 3 is 2.00 bits per heavy atom. The third kappa shape index (κ3) is 3.26. The van der Waals surface area contributed by atoms with E-state index in [-0.39, 0.29) is 9.92 Å². The third-order valence-electron chi connectivity index (χ3n) is 2.92. The number of methoxy groups -OCH3 is 2. The molecule has 0 saturated heterocycles. The van der Waals surface area contributed by atoms with Gasteiger partial charge in [0.25, 0.3) is 9.05 Å². The molecule has 0 aromatic heterocycles. The molecule has 112 valence electrons. The molecular formula is C14H12Cl2O4S. The summed E-state index contributed by atoms with van der Waals surface area (Å²) in [6, 6.07) is 9.56. The van der Waals surface area contributed by atoms with E-state index in [9.17, 15) is 8.42 Å². The van der Waals surface area contributed by atoms with Gasteiger partial charge in [0.2, 0.25) is 0 Å². The van der Waals surface area contributed by atoms with Crippen molar-refractivity contribution in [3.8, 4) is 22.6 Å². The lowest BCUT2D eigenvalue weighted by molar-refractivity contribution is 0.397. The van der Waals surface area contributed by atoms with Crippen molar-refractivity contribution in [3.05, 3.63) is 41.4 Å². The van der Waals surface area contributed by atoms with Gasteiger partial charge in [-0.1, -0.05) is 23.7 Å². The zero-order valence-corrected chi connectivity index (χ0v) is 13.6. The van der Waals surface area contributed by atoms with Gasteiger partial charge in [0.15, 0.2) is 0 Å². The van der Waals surface area contributed by atoms with Gasteiger partial charge in [-0.15, -0.1) is 0 Å². The smallest absolute Gasteiger partial charge is 0.261 e. The van der Waals surface area contributed by atoms with E-state index < -0.39 is 9.05 Å². The average molecular weight is 347 g/mol. The molecule has 0 fully saturated rings. The topological polar surface area (TPSA) is 52.6 Å². The van der Waals surface area contributed by atoms with Crippen molar-refractivity contribution in [3.63, 3.8) is 0 Å². The second-order valence-corrected chi connectivity index (χ2v) is 7.09. The van der Waals surface area contributed by atoms with Crippen LogP contribution in [-0.4, -0.2) is 22.6 Å². The van der Waals surface area contributed by atoms with E-state index in [0.29, 0.717) is 22.6 Å². The molecule has 0 unspecified atom stereocenters. The first-order valence-electron chi connectivity index (χ1n) is 5.84. The molecule has 0 aliphatic carbocycles. The predicted octanol–water partition coefficient (Wildman–Crippen LogP) is 3.95. The Morgan fingerprint density at radius 1 is 1.00 bits per heavy atom. The maximum atomic E-state index is 11.3. The summed E-state index contributed by atoms with van der Waals surface area (Å²) in [5, 5.41) is 0.236. The first-order valence-corrected chi connectivity index (χ1v) is 8.52. The molecule has 2 aromatic rings. The molecule has 0 spiro atoms. The highest BCUT2D eigenvalue weighted by Gasteiger charge is 2.18. The summed E-state index contributed by atoms with van der Waals surface area (Å²) in [6.07, 6.45) is 0. The Balaban J connectivity index is 2.68. The van der Waals surface area contributed by atoms with Gasteiger partial charge in [-0.2, -0.15) is 0 Å². The second-order valence-electron chi connectivity index (χ2n) is 4.12. The molecule has 0 heterocycles. The Hall–Kier alpha value is -1.43. The Morgan fingerprint density at radius 2 is 1.57 bits per heavy atom. The summed E-state index contributed by atoms with van der Waals surface area (Å²) in [5.41, 5.74) is 1.24. The van der Waals surface area contributed by atoms with Gasteiger partial charge in [0.1, 0.15) is 11.5 Å². The van der Waals surface area contributed by atoms with Crippen LogP contribution in [0.5, 0.6) is 11.5 Å². The van der Waals surface area contributed by atoms with Gasteiger partial charge in [-0.3, -0.25) is 0 Å². The fourth-order valence-corrected chi connectivity index (χ4v) is 3.08. The molecule has 0 aliphatic rings. The minimum Gasteiger partial charge on any atom is -0.496 e. The minimum atomic E-state index is -3.83. The molecule has 0 atom stereocenters. The van der Waals surface area contributed by atoms with Crippen molar-refractivity contribution in [1.82, 2.24) is 0 Å². The van der Waals surface area contributed by atoms with Crippen molar-refractivity contribution >= 4 is 31.3 Å². The molecule has 2 aromatic carbocycles. The van der Waals surface area contributed by atoms with Crippen LogP contribution >= 0.6 is 22.3 Å². The number of ether oxygens (including phenoxy) is 2. The van der Waals surface area contributed by atoms with Gasteiger partial charge in [-0.25, -0.2) is 8.42 Å². The lowest BCUT2D eigenvalue weighted by Gasteiger charge is -2.14. The highest BCUT2D eigenvalue weighted by Crippen LogP contribution is 2.42. The first-order chi connectivity index (χ1) is 9.88. The van der Waals surface area contributed by atoms with E-state index in [0.717, 1.165) is 0 Å². The van der Waals surface area contributed by atoms with E-state index in [2.05, 4.69) is 0 Å². The predicted molar refractivity (Wildman–Crippen MR) is 83.0 cm³/mol. The number of hydrogen-bond donors (Lipinski definition) is 0. The van der Waals surface area contributed by atoms with Crippen molar-refractivity contribution < 1.29 is 17.9 Å². The van der Waals surface area contributed by atoms with E-state index in [1.807, 2.05) is 0 Å². The minimum absolute atomic E-state index is 0.0632. The zero-order chi connectivity index (χ0) is 15.6. The fourth-order valence-electron chi connectivity index (χ4n) is 1.97. The van der Waals surface area contributed by atoms with Crippen molar-refractivity contribution in [2.75, 3.05) is 14.2 Å². The molecule has 0 saturated carbocycles. The van der Waals surface area contributed by atoms with Crippen LogP contribution < -0.4 is 9.47 Å². The highest BCUT2D eigenvalue weighted by molar-refractivity contribution is 8.13. The molecule has 2 rings (SSSR count). The third-order valence-corrected chi connectivity index (χ3v) is 4.58. The Labute approximate surface area is 132 Å². The second kappa shape index (κ2) is 6.13. The molecule has 0 bridgehead atoms. The van der Waals surface area contributed by atoms with Gasteiger partial charge >= 0.3 is 0 Å². The van der Waals surface area contributed by atoms with Crippen molar-refractivity contribution in [1.29, 1.82) is 0 Å². The number of halogens is 2. The van der Waals surface area contributed by atoms with Crippen LogP contribution in [0.2, 0.25) is 5.02 Å². The van der Waals surface area contributed by atoms with Crippen LogP contribution in [0.25, 0.3) is 11.1 Å². The SMILES string of the molecule is COc1cccc(OC)c1-c1ccc(S(=O)(=O)Cl)cc1Cl. The van der Waals surface area contributed by atoms with E-state index >= 15 is 0 Å². The number of benzene rings is 2. The normalized spacial score (nSPS) is 11.2. The van der Waals surface area contributed by atoms with E-state index in [1.54, 1.807) is 24.3 Å². The largest absolute Gasteiger partial charge is 0.496 e. The van der Waals surface area contributed by atoms with Crippen LogP contribution in [0.15, 0.2) is 41.3 Å². The Kier molecular flexibility index (Phi) is 4.66. The highest BCUT2D eigenvalue weighted by atomic mass is 35.7. The van der Waals surface area contributed by atoms with Crippen LogP contribution in [0.1, 0.15) is 0 Å². The fraction of sp³-hybridized carbons (Fsp3) is 0.143. The van der Waals surface area contributed by atoms with Gasteiger partial charge in [-0.05, 0) is 24.3 Å². The summed E-state index contributed by atoms with van der Waals surface area (Å²) in [5.74, 6) is 1.13. The molecular weight excluding hydrogens is 335 g/mol. The lowest BCUT2D eigenvalue weighted by Crippen LogP contribution is -1.95. The van der Waals surface area contributed by atoms with Crippen LogP contribution in [-0.2, 0) is 9.05 Å². The van der Waals surface area contributed by atoms with Crippen LogP contribution in [0.3, 0.4) is 0 Å². The van der Waals surface area contributed by atoms with Crippen molar-refractivity contribution in [2.45, 2.75) is 4.90 Å². The molecule has 0 aliphatic heterocycles. The van der Waals surface area contributed by atoms with Crippen LogP contribution in [0, 0.1) is 0 Å². The molecule has 0 radical (unpaired) electrons. The first kappa shape index (κ1) is 15.9. The summed E-state index contributed by atoms with van der Waals surface area (Å²) in [7, 11) is 4.54. The Bertz CT molecular complexity index is 750. The molecule has 0 amide bonds.